The summed E-state index contributed by atoms with van der Waals surface area (Å²) in [5.41, 5.74) is 0.944. The van der Waals surface area contributed by atoms with Crippen molar-refractivity contribution in [1.29, 1.82) is 0 Å². The molecule has 0 unspecified atom stereocenters. The number of rotatable bonds is 2. The van der Waals surface area contributed by atoms with Crippen molar-refractivity contribution in [3.8, 4) is 0 Å². The van der Waals surface area contributed by atoms with Crippen molar-refractivity contribution in [3.63, 3.8) is 0 Å². The number of anilines is 1. The van der Waals surface area contributed by atoms with E-state index in [0.29, 0.717) is 5.13 Å². The molecule has 15 heavy (non-hydrogen) atoms. The van der Waals surface area contributed by atoms with Gasteiger partial charge in [-0.1, -0.05) is 0 Å². The molecule has 84 valence electrons. The number of aryl methyl sites for hydroxylation is 1. The molecule has 1 fully saturated rings. The molecule has 1 aliphatic rings. The van der Waals surface area contributed by atoms with E-state index >= 15 is 0 Å². The molecule has 7 heteroatoms. The van der Waals surface area contributed by atoms with Gasteiger partial charge in [-0.2, -0.15) is 0 Å². The second-order valence-electron chi connectivity index (χ2n) is 3.06. The van der Waals surface area contributed by atoms with Gasteiger partial charge in [0.15, 0.2) is 5.13 Å². The monoisotopic (exact) mass is 265 g/mol. The highest BCUT2D eigenvalue weighted by atomic mass is 35.5. The van der Waals surface area contributed by atoms with Gasteiger partial charge in [0.2, 0.25) is 5.91 Å². The summed E-state index contributed by atoms with van der Waals surface area (Å²) in [7, 11) is 0. The van der Waals surface area contributed by atoms with Crippen LogP contribution in [0.4, 0.5) is 5.13 Å². The highest BCUT2D eigenvalue weighted by Crippen LogP contribution is 2.16. The van der Waals surface area contributed by atoms with E-state index in [9.17, 15) is 4.79 Å². The first-order valence-corrected chi connectivity index (χ1v) is 6.33. The first-order chi connectivity index (χ1) is 6.75. The predicted octanol–water partition coefficient (Wildman–Crippen LogP) is 1.47. The Morgan fingerprint density at radius 3 is 3.07 bits per heavy atom. The minimum atomic E-state index is -0.0655. The maximum Gasteiger partial charge on any atom is 0.244 e. The smallest absolute Gasteiger partial charge is 0.244 e. The zero-order valence-corrected chi connectivity index (χ0v) is 10.6. The minimum absolute atomic E-state index is 0. The van der Waals surface area contributed by atoms with E-state index in [1.807, 2.05) is 12.3 Å². The van der Waals surface area contributed by atoms with Gasteiger partial charge in [-0.15, -0.1) is 35.5 Å². The Kier molecular flexibility index (Phi) is 4.85. The van der Waals surface area contributed by atoms with Gasteiger partial charge >= 0.3 is 0 Å². The Bertz CT molecular complexity index is 338. The van der Waals surface area contributed by atoms with E-state index in [-0.39, 0.29) is 24.4 Å². The molecule has 1 aromatic heterocycles. The normalized spacial score (nSPS) is 19.7. The SMILES string of the molecule is Cc1csc(NC(=O)[C@H]2CSCN2)n1.Cl. The molecule has 4 nitrogen and oxygen atoms in total. The first-order valence-electron chi connectivity index (χ1n) is 4.30. The lowest BCUT2D eigenvalue weighted by atomic mass is 10.3. The van der Waals surface area contributed by atoms with E-state index in [2.05, 4.69) is 15.6 Å². The summed E-state index contributed by atoms with van der Waals surface area (Å²) in [5, 5.41) is 8.52. The second-order valence-corrected chi connectivity index (χ2v) is 4.94. The number of thiazole rings is 1. The Labute approximate surface area is 103 Å². The van der Waals surface area contributed by atoms with E-state index in [1.165, 1.54) is 11.3 Å². The number of carbonyl (C=O) groups excluding carboxylic acids is 1. The van der Waals surface area contributed by atoms with Crippen molar-refractivity contribution in [2.24, 2.45) is 0 Å². The lowest BCUT2D eigenvalue weighted by molar-refractivity contribution is -0.117. The number of nitrogens with one attached hydrogen (secondary N) is 2. The molecule has 1 atom stereocenters. The standard InChI is InChI=1S/C8H11N3OS2.ClH/c1-5-2-14-8(10-5)11-7(12)6-3-13-4-9-6;/h2,6,9H,3-4H2,1H3,(H,10,11,12);1H/t6-;/m1./s1. The quantitative estimate of drug-likeness (QED) is 0.851. The van der Waals surface area contributed by atoms with E-state index in [4.69, 9.17) is 0 Å². The molecular weight excluding hydrogens is 254 g/mol. The van der Waals surface area contributed by atoms with Crippen LogP contribution in [0.15, 0.2) is 5.38 Å². The van der Waals surface area contributed by atoms with Crippen LogP contribution < -0.4 is 10.6 Å². The predicted molar refractivity (Wildman–Crippen MR) is 67.0 cm³/mol. The second kappa shape index (κ2) is 5.69. The number of thioether (sulfide) groups is 1. The van der Waals surface area contributed by atoms with Crippen LogP contribution in [-0.4, -0.2) is 28.6 Å². The molecule has 1 aliphatic heterocycles. The van der Waals surface area contributed by atoms with Gasteiger partial charge in [-0.25, -0.2) is 4.98 Å². The molecule has 2 N–H and O–H groups in total. The number of carbonyl (C=O) groups is 1. The summed E-state index contributed by atoms with van der Waals surface area (Å²) in [6.45, 7) is 1.91. The van der Waals surface area contributed by atoms with Gasteiger partial charge in [0.25, 0.3) is 0 Å². The number of aromatic nitrogens is 1. The van der Waals surface area contributed by atoms with E-state index < -0.39 is 0 Å². The average molecular weight is 266 g/mol. The summed E-state index contributed by atoms with van der Waals surface area (Å²) in [6, 6.07) is -0.0655. The molecule has 2 rings (SSSR count). The van der Waals surface area contributed by atoms with E-state index in [1.54, 1.807) is 11.8 Å². The summed E-state index contributed by atoms with van der Waals surface area (Å²) in [5.74, 6) is 1.72. The van der Waals surface area contributed by atoms with Gasteiger partial charge < -0.3 is 5.32 Å². The molecule has 0 spiro atoms. The Morgan fingerprint density at radius 2 is 2.53 bits per heavy atom. The maximum absolute atomic E-state index is 11.6. The molecule has 0 aliphatic carbocycles. The van der Waals surface area contributed by atoms with Crippen molar-refractivity contribution < 1.29 is 4.79 Å². The highest BCUT2D eigenvalue weighted by Gasteiger charge is 2.22. The fraction of sp³-hybridized carbons (Fsp3) is 0.500. The zero-order valence-electron chi connectivity index (χ0n) is 8.15. The molecular formula is C8H12ClN3OS2. The van der Waals surface area contributed by atoms with Gasteiger partial charge in [0.05, 0.1) is 11.7 Å². The Morgan fingerprint density at radius 1 is 1.73 bits per heavy atom. The number of nitrogens with zero attached hydrogens (tertiary/aromatic N) is 1. The molecule has 1 aromatic rings. The Hall–Kier alpha value is -0.300. The molecule has 2 heterocycles. The zero-order chi connectivity index (χ0) is 9.97. The summed E-state index contributed by atoms with van der Waals surface area (Å²) in [4.78, 5) is 15.8. The summed E-state index contributed by atoms with van der Waals surface area (Å²) in [6.07, 6.45) is 0. The third-order valence-electron chi connectivity index (χ3n) is 1.88. The third kappa shape index (κ3) is 3.34. The van der Waals surface area contributed by atoms with E-state index in [0.717, 1.165) is 17.3 Å². The van der Waals surface area contributed by atoms with Gasteiger partial charge in [-0.05, 0) is 6.92 Å². The van der Waals surface area contributed by atoms with Crippen LogP contribution in [0.5, 0.6) is 0 Å². The summed E-state index contributed by atoms with van der Waals surface area (Å²) < 4.78 is 0. The highest BCUT2D eigenvalue weighted by molar-refractivity contribution is 7.99. The largest absolute Gasteiger partial charge is 0.301 e. The molecule has 0 radical (unpaired) electrons. The van der Waals surface area contributed by atoms with Crippen LogP contribution >= 0.6 is 35.5 Å². The minimum Gasteiger partial charge on any atom is -0.301 e. The molecule has 1 amide bonds. The fourth-order valence-corrected chi connectivity index (χ4v) is 2.80. The topological polar surface area (TPSA) is 54.0 Å². The van der Waals surface area contributed by atoms with Crippen LogP contribution in [-0.2, 0) is 4.79 Å². The molecule has 1 saturated heterocycles. The van der Waals surface area contributed by atoms with Crippen LogP contribution in [0.3, 0.4) is 0 Å². The van der Waals surface area contributed by atoms with Crippen LogP contribution in [0.25, 0.3) is 0 Å². The molecule has 0 bridgehead atoms. The van der Waals surface area contributed by atoms with Crippen molar-refractivity contribution in [2.45, 2.75) is 13.0 Å². The van der Waals surface area contributed by atoms with Crippen LogP contribution in [0.1, 0.15) is 5.69 Å². The first kappa shape index (κ1) is 12.8. The lowest BCUT2D eigenvalue weighted by Crippen LogP contribution is -2.37. The molecule has 0 aromatic carbocycles. The van der Waals surface area contributed by atoms with Crippen molar-refractivity contribution in [3.05, 3.63) is 11.1 Å². The number of halogens is 1. The van der Waals surface area contributed by atoms with Crippen molar-refractivity contribution >= 4 is 46.5 Å². The number of hydrogen-bond acceptors (Lipinski definition) is 5. The van der Waals surface area contributed by atoms with Crippen molar-refractivity contribution in [1.82, 2.24) is 10.3 Å². The van der Waals surface area contributed by atoms with Crippen LogP contribution in [0, 0.1) is 6.92 Å². The number of amides is 1. The summed E-state index contributed by atoms with van der Waals surface area (Å²) >= 11 is 3.20. The van der Waals surface area contributed by atoms with Gasteiger partial charge in [0, 0.05) is 17.0 Å². The fourth-order valence-electron chi connectivity index (χ4n) is 1.17. The van der Waals surface area contributed by atoms with Gasteiger partial charge in [0.1, 0.15) is 0 Å². The average Bonchev–Trinajstić information content (AvgIpc) is 2.75. The number of hydrogen-bond donors (Lipinski definition) is 2. The Balaban J connectivity index is 0.00000112. The van der Waals surface area contributed by atoms with Gasteiger partial charge in [-0.3, -0.25) is 10.1 Å². The lowest BCUT2D eigenvalue weighted by Gasteiger charge is -2.07. The van der Waals surface area contributed by atoms with Crippen molar-refractivity contribution in [2.75, 3.05) is 16.9 Å². The third-order valence-corrected chi connectivity index (χ3v) is 3.70. The maximum atomic E-state index is 11.6. The molecule has 0 saturated carbocycles. The van der Waals surface area contributed by atoms with Crippen LogP contribution in [0.2, 0.25) is 0 Å².